The normalized spacial score (nSPS) is 12.2. The molecule has 0 saturated carbocycles. The first kappa shape index (κ1) is 22.4. The van der Waals surface area contributed by atoms with Crippen LogP contribution >= 0.6 is 0 Å². The van der Waals surface area contributed by atoms with Gasteiger partial charge in [-0.1, -0.05) is 0 Å². The van der Waals surface area contributed by atoms with Crippen molar-refractivity contribution in [2.24, 2.45) is 0 Å². The number of carbonyl (C=O) groups is 1. The molecule has 0 aliphatic rings. The molecule has 0 radical (unpaired) electrons. The maximum atomic E-state index is 13.8. The number of carboxylic acid groups (broad SMARTS) is 1. The number of alkyl halides is 6. The molecular weight excluding hydrogens is 458 g/mol. The van der Waals surface area contributed by atoms with Gasteiger partial charge in [0.25, 0.3) is 5.69 Å². The minimum atomic E-state index is -5.48. The van der Waals surface area contributed by atoms with Gasteiger partial charge >= 0.3 is 24.1 Å². The predicted octanol–water partition coefficient (Wildman–Crippen LogP) is 5.08. The molecule has 32 heavy (non-hydrogen) atoms. The van der Waals surface area contributed by atoms with Gasteiger partial charge in [-0.3, -0.25) is 20.2 Å². The highest BCUT2D eigenvalue weighted by Crippen LogP contribution is 2.47. The number of fused-ring (bicyclic) bond motifs is 1. The van der Waals surface area contributed by atoms with Crippen LogP contribution in [0.3, 0.4) is 0 Å². The second-order valence-electron chi connectivity index (χ2n) is 6.13. The largest absolute Gasteiger partial charge is 0.464 e. The lowest BCUT2D eigenvalue weighted by Gasteiger charge is -2.14. The number of hydrogen-bond acceptors (Lipinski definition) is 6. The number of aromatic nitrogens is 2. The monoisotopic (exact) mass is 464 g/mol. The van der Waals surface area contributed by atoms with Crippen LogP contribution in [0.25, 0.3) is 22.2 Å². The van der Waals surface area contributed by atoms with E-state index in [4.69, 9.17) is 5.11 Å². The number of nitrogens with zero attached hydrogens (tertiary/aromatic N) is 4. The zero-order valence-corrected chi connectivity index (χ0v) is 14.9. The SMILES string of the molecule is O=C(O)n1c(C(F)(F)F)nc2c([N+](=O)[O-])c(-c3ccc([N+](=O)[O-])cc3)c(C(F)(F)F)cc21. The number of nitro groups is 2. The third kappa shape index (κ3) is 3.65. The van der Waals surface area contributed by atoms with E-state index in [0.717, 1.165) is 24.3 Å². The predicted molar refractivity (Wildman–Crippen MR) is 91.9 cm³/mol. The molecule has 10 nitrogen and oxygen atoms in total. The highest BCUT2D eigenvalue weighted by Gasteiger charge is 2.44. The fraction of sp³-hybridized carbons (Fsp3) is 0.125. The molecule has 1 heterocycles. The van der Waals surface area contributed by atoms with E-state index in [1.165, 1.54) is 0 Å². The number of imidazole rings is 1. The number of hydrogen-bond donors (Lipinski definition) is 1. The molecule has 0 saturated heterocycles. The first-order valence-corrected chi connectivity index (χ1v) is 8.01. The Labute approximate surface area is 170 Å². The Hall–Kier alpha value is -4.24. The second kappa shape index (κ2) is 7.17. The Balaban J connectivity index is 2.56. The van der Waals surface area contributed by atoms with Gasteiger partial charge in [0.2, 0.25) is 5.82 Å². The van der Waals surface area contributed by atoms with Crippen molar-refractivity contribution in [1.29, 1.82) is 0 Å². The molecule has 3 aromatic rings. The molecule has 0 aliphatic carbocycles. The summed E-state index contributed by atoms with van der Waals surface area (Å²) in [4.78, 5) is 34.4. The summed E-state index contributed by atoms with van der Waals surface area (Å²) in [5.41, 5.74) is -8.33. The summed E-state index contributed by atoms with van der Waals surface area (Å²) < 4.78 is 80.4. The summed E-state index contributed by atoms with van der Waals surface area (Å²) in [5.74, 6) is -2.18. The standard InChI is InChI=1S/C16H6F6N4O6/c17-15(18,19)8-5-9-11(23-13(16(20,21)22)24(9)14(27)28)12(26(31)32)10(8)6-1-3-7(4-2-6)25(29)30/h1-5H,(H,27,28). The van der Waals surface area contributed by atoms with E-state index < -0.39 is 77.8 Å². The molecule has 0 atom stereocenters. The number of nitro benzene ring substituents is 2. The van der Waals surface area contributed by atoms with Crippen molar-refractivity contribution in [2.75, 3.05) is 0 Å². The van der Waals surface area contributed by atoms with Gasteiger partial charge in [-0.2, -0.15) is 26.3 Å². The van der Waals surface area contributed by atoms with Crippen LogP contribution in [0.1, 0.15) is 11.4 Å². The first-order chi connectivity index (χ1) is 14.6. The van der Waals surface area contributed by atoms with E-state index in [9.17, 15) is 51.4 Å². The van der Waals surface area contributed by atoms with Crippen LogP contribution in [0.2, 0.25) is 0 Å². The first-order valence-electron chi connectivity index (χ1n) is 8.01. The third-order valence-electron chi connectivity index (χ3n) is 4.22. The topological polar surface area (TPSA) is 141 Å². The summed E-state index contributed by atoms with van der Waals surface area (Å²) in [7, 11) is 0. The van der Waals surface area contributed by atoms with Crippen LogP contribution in [0, 0.1) is 20.2 Å². The van der Waals surface area contributed by atoms with Crippen LogP contribution in [0.5, 0.6) is 0 Å². The van der Waals surface area contributed by atoms with Crippen molar-refractivity contribution in [1.82, 2.24) is 9.55 Å². The van der Waals surface area contributed by atoms with Crippen LogP contribution in [-0.4, -0.2) is 30.6 Å². The lowest BCUT2D eigenvalue weighted by molar-refractivity contribution is -0.384. The van der Waals surface area contributed by atoms with Crippen molar-refractivity contribution in [3.05, 3.63) is 61.9 Å². The Morgan fingerprint density at radius 1 is 0.969 bits per heavy atom. The number of non-ortho nitro benzene ring substituents is 1. The maximum Gasteiger partial charge on any atom is 0.450 e. The molecule has 0 bridgehead atoms. The quantitative estimate of drug-likeness (QED) is 0.324. The van der Waals surface area contributed by atoms with E-state index >= 15 is 0 Å². The van der Waals surface area contributed by atoms with Crippen LogP contribution in [0.15, 0.2) is 30.3 Å². The number of benzene rings is 2. The van der Waals surface area contributed by atoms with Crippen molar-refractivity contribution in [3.63, 3.8) is 0 Å². The summed E-state index contributed by atoms with van der Waals surface area (Å²) >= 11 is 0. The molecule has 0 amide bonds. The molecule has 3 rings (SSSR count). The molecule has 168 valence electrons. The molecule has 0 fully saturated rings. The van der Waals surface area contributed by atoms with Gasteiger partial charge in [-0.05, 0) is 23.8 Å². The van der Waals surface area contributed by atoms with Gasteiger partial charge in [0.05, 0.1) is 26.5 Å². The number of rotatable bonds is 3. The van der Waals surface area contributed by atoms with Gasteiger partial charge < -0.3 is 5.11 Å². The Bertz CT molecular complexity index is 1280. The van der Waals surface area contributed by atoms with Crippen molar-refractivity contribution >= 4 is 28.5 Å². The minimum absolute atomic E-state index is 0.00452. The van der Waals surface area contributed by atoms with Crippen LogP contribution in [-0.2, 0) is 12.4 Å². The zero-order valence-electron chi connectivity index (χ0n) is 14.9. The summed E-state index contributed by atoms with van der Waals surface area (Å²) in [5, 5.41) is 31.5. The van der Waals surface area contributed by atoms with Crippen molar-refractivity contribution < 1.29 is 46.1 Å². The third-order valence-corrected chi connectivity index (χ3v) is 4.22. The molecule has 1 N–H and O–H groups in total. The van der Waals surface area contributed by atoms with Gasteiger partial charge in [0.15, 0.2) is 5.52 Å². The highest BCUT2D eigenvalue weighted by atomic mass is 19.4. The second-order valence-corrected chi connectivity index (χ2v) is 6.13. The van der Waals surface area contributed by atoms with Crippen LogP contribution in [0.4, 0.5) is 42.5 Å². The van der Waals surface area contributed by atoms with Gasteiger partial charge in [-0.25, -0.2) is 14.3 Å². The van der Waals surface area contributed by atoms with Crippen LogP contribution < -0.4 is 0 Å². The molecule has 0 unspecified atom stereocenters. The minimum Gasteiger partial charge on any atom is -0.464 e. The lowest BCUT2D eigenvalue weighted by Crippen LogP contribution is -2.19. The van der Waals surface area contributed by atoms with E-state index in [0.29, 0.717) is 0 Å². The zero-order chi connectivity index (χ0) is 24.2. The van der Waals surface area contributed by atoms with Gasteiger partial charge in [0, 0.05) is 12.1 Å². The maximum absolute atomic E-state index is 13.8. The highest BCUT2D eigenvalue weighted by molar-refractivity contribution is 5.99. The van der Waals surface area contributed by atoms with E-state index in [1.54, 1.807) is 0 Å². The number of halogens is 6. The fourth-order valence-electron chi connectivity index (χ4n) is 3.02. The van der Waals surface area contributed by atoms with Crippen molar-refractivity contribution in [3.8, 4) is 11.1 Å². The lowest BCUT2D eigenvalue weighted by atomic mass is 9.96. The fourth-order valence-corrected chi connectivity index (χ4v) is 3.02. The summed E-state index contributed by atoms with van der Waals surface area (Å²) in [6.07, 6.45) is -13.2. The average molecular weight is 464 g/mol. The molecule has 1 aromatic heterocycles. The average Bonchev–Trinajstić information content (AvgIpc) is 3.05. The molecular formula is C16H6F6N4O6. The van der Waals surface area contributed by atoms with E-state index in [2.05, 4.69) is 4.98 Å². The molecule has 2 aromatic carbocycles. The van der Waals surface area contributed by atoms with E-state index in [1.807, 2.05) is 0 Å². The Morgan fingerprint density at radius 3 is 1.94 bits per heavy atom. The van der Waals surface area contributed by atoms with Gasteiger partial charge in [-0.15, -0.1) is 0 Å². The molecule has 0 aliphatic heterocycles. The Morgan fingerprint density at radius 2 is 1.53 bits per heavy atom. The summed E-state index contributed by atoms with van der Waals surface area (Å²) in [6.45, 7) is 0. The smallest absolute Gasteiger partial charge is 0.450 e. The molecule has 16 heteroatoms. The van der Waals surface area contributed by atoms with E-state index in [-0.39, 0.29) is 6.07 Å². The molecule has 0 spiro atoms. The Kier molecular flexibility index (Phi) is 5.03. The van der Waals surface area contributed by atoms with Gasteiger partial charge in [0.1, 0.15) is 0 Å². The van der Waals surface area contributed by atoms with Crippen molar-refractivity contribution in [2.45, 2.75) is 12.4 Å². The summed E-state index contributed by atoms with van der Waals surface area (Å²) in [6, 6.07) is 2.94.